The zero-order valence-corrected chi connectivity index (χ0v) is 20.6. The molecule has 0 aliphatic carbocycles. The maximum absolute atomic E-state index is 13.1. The van der Waals surface area contributed by atoms with Crippen LogP contribution in [0.25, 0.3) is 0 Å². The standard InChI is InChI=1S/C25H30N4O5S/c1-3-18(2)23(28-24(30)19-9-5-4-6-10-19)25(31)27-16-21-17-29(13-14-34-21)35(32,33)22-12-8-7-11-20(22)15-26/h4-12,18,21,23H,3,13-14,16-17H2,1-2H3,(H,27,31)(H,28,30)/t18-,21?,23-/m0/s1. The minimum Gasteiger partial charge on any atom is -0.374 e. The van der Waals surface area contributed by atoms with Crippen molar-refractivity contribution in [1.29, 1.82) is 5.26 Å². The number of nitrogens with zero attached hydrogens (tertiary/aromatic N) is 2. The van der Waals surface area contributed by atoms with Crippen LogP contribution >= 0.6 is 0 Å². The lowest BCUT2D eigenvalue weighted by molar-refractivity contribution is -0.125. The fourth-order valence-electron chi connectivity index (χ4n) is 3.80. The minimum absolute atomic E-state index is 0.0345. The van der Waals surface area contributed by atoms with Gasteiger partial charge in [0.05, 0.1) is 23.2 Å². The molecule has 2 aromatic rings. The Bertz CT molecular complexity index is 1180. The summed E-state index contributed by atoms with van der Waals surface area (Å²) in [6.45, 7) is 4.24. The molecular formula is C25H30N4O5S. The number of ether oxygens (including phenoxy) is 1. The molecule has 9 nitrogen and oxygen atoms in total. The van der Waals surface area contributed by atoms with Gasteiger partial charge in [0.1, 0.15) is 12.1 Å². The van der Waals surface area contributed by atoms with Gasteiger partial charge in [0.25, 0.3) is 5.91 Å². The van der Waals surface area contributed by atoms with Gasteiger partial charge in [-0.25, -0.2) is 8.42 Å². The van der Waals surface area contributed by atoms with Gasteiger partial charge in [-0.05, 0) is 30.2 Å². The maximum atomic E-state index is 13.1. The highest BCUT2D eigenvalue weighted by atomic mass is 32.2. The monoisotopic (exact) mass is 498 g/mol. The molecular weight excluding hydrogens is 468 g/mol. The van der Waals surface area contributed by atoms with Gasteiger partial charge in [-0.1, -0.05) is 50.6 Å². The van der Waals surface area contributed by atoms with Crippen LogP contribution in [0.2, 0.25) is 0 Å². The third-order valence-corrected chi connectivity index (χ3v) is 7.97. The van der Waals surface area contributed by atoms with Crippen LogP contribution in [0.3, 0.4) is 0 Å². The summed E-state index contributed by atoms with van der Waals surface area (Å²) in [5, 5.41) is 14.9. The van der Waals surface area contributed by atoms with Crippen LogP contribution in [-0.4, -0.2) is 62.9 Å². The molecule has 3 rings (SSSR count). The van der Waals surface area contributed by atoms with Crippen LogP contribution < -0.4 is 10.6 Å². The quantitative estimate of drug-likeness (QED) is 0.543. The van der Waals surface area contributed by atoms with E-state index in [1.54, 1.807) is 36.4 Å². The van der Waals surface area contributed by atoms with Crippen molar-refractivity contribution in [3.8, 4) is 6.07 Å². The highest BCUT2D eigenvalue weighted by Crippen LogP contribution is 2.22. The molecule has 1 aliphatic heterocycles. The molecule has 0 radical (unpaired) electrons. The number of morpholine rings is 1. The van der Waals surface area contributed by atoms with Crippen molar-refractivity contribution in [2.75, 3.05) is 26.2 Å². The van der Waals surface area contributed by atoms with E-state index in [1.807, 2.05) is 26.0 Å². The third-order valence-electron chi connectivity index (χ3n) is 6.05. The predicted molar refractivity (Wildman–Crippen MR) is 130 cm³/mol. The molecule has 2 aromatic carbocycles. The predicted octanol–water partition coefficient (Wildman–Crippen LogP) is 1.91. The molecule has 1 unspecified atom stereocenters. The van der Waals surface area contributed by atoms with Crippen molar-refractivity contribution in [1.82, 2.24) is 14.9 Å². The molecule has 0 aromatic heterocycles. The van der Waals surface area contributed by atoms with Crippen LogP contribution in [0.5, 0.6) is 0 Å². The van der Waals surface area contributed by atoms with Crippen molar-refractivity contribution in [3.63, 3.8) is 0 Å². The molecule has 35 heavy (non-hydrogen) atoms. The van der Waals surface area contributed by atoms with E-state index in [9.17, 15) is 23.3 Å². The second kappa shape index (κ2) is 11.9. The molecule has 186 valence electrons. The normalized spacial score (nSPS) is 18.1. The molecule has 1 fully saturated rings. The topological polar surface area (TPSA) is 129 Å². The average molecular weight is 499 g/mol. The van der Waals surface area contributed by atoms with Gasteiger partial charge in [0.2, 0.25) is 15.9 Å². The zero-order chi connectivity index (χ0) is 25.4. The van der Waals surface area contributed by atoms with Gasteiger partial charge in [0.15, 0.2) is 0 Å². The molecule has 0 spiro atoms. The van der Waals surface area contributed by atoms with Crippen molar-refractivity contribution >= 4 is 21.8 Å². The van der Waals surface area contributed by atoms with E-state index in [2.05, 4.69) is 10.6 Å². The molecule has 1 aliphatic rings. The molecule has 2 N–H and O–H groups in total. The Balaban J connectivity index is 1.64. The van der Waals surface area contributed by atoms with E-state index < -0.39 is 22.2 Å². The van der Waals surface area contributed by atoms with Crippen LogP contribution in [-0.2, 0) is 19.6 Å². The number of carbonyl (C=O) groups is 2. The highest BCUT2D eigenvalue weighted by Gasteiger charge is 2.33. The molecule has 0 saturated carbocycles. The number of rotatable bonds is 9. The first kappa shape index (κ1) is 26.3. The number of nitriles is 1. The molecule has 1 heterocycles. The Morgan fingerprint density at radius 1 is 1.17 bits per heavy atom. The van der Waals surface area contributed by atoms with Crippen molar-refractivity contribution in [2.45, 2.75) is 37.3 Å². The summed E-state index contributed by atoms with van der Waals surface area (Å²) in [5.41, 5.74) is 0.539. The van der Waals surface area contributed by atoms with Gasteiger partial charge in [-0.2, -0.15) is 9.57 Å². The van der Waals surface area contributed by atoms with Crippen LogP contribution in [0.15, 0.2) is 59.5 Å². The van der Waals surface area contributed by atoms with Gasteiger partial charge in [0, 0.05) is 25.2 Å². The smallest absolute Gasteiger partial charge is 0.251 e. The summed E-state index contributed by atoms with van der Waals surface area (Å²) in [6.07, 6.45) is 0.108. The molecule has 0 bridgehead atoms. The molecule has 1 saturated heterocycles. The molecule has 2 amide bonds. The second-order valence-corrected chi connectivity index (χ2v) is 10.3. The number of hydrogen-bond donors (Lipinski definition) is 2. The lowest BCUT2D eigenvalue weighted by atomic mass is 9.97. The average Bonchev–Trinajstić information content (AvgIpc) is 2.90. The van der Waals surface area contributed by atoms with Crippen molar-refractivity contribution < 1.29 is 22.7 Å². The largest absolute Gasteiger partial charge is 0.374 e. The Hall–Kier alpha value is -3.26. The van der Waals surface area contributed by atoms with Crippen LogP contribution in [0.1, 0.15) is 36.2 Å². The summed E-state index contributed by atoms with van der Waals surface area (Å²) in [7, 11) is -3.90. The number of benzene rings is 2. The fraction of sp³-hybridized carbons (Fsp3) is 0.400. The van der Waals surface area contributed by atoms with Gasteiger partial charge < -0.3 is 15.4 Å². The summed E-state index contributed by atoms with van der Waals surface area (Å²) < 4.78 is 33.2. The summed E-state index contributed by atoms with van der Waals surface area (Å²) in [4.78, 5) is 25.6. The second-order valence-electron chi connectivity index (χ2n) is 8.41. The van der Waals surface area contributed by atoms with E-state index in [0.29, 0.717) is 12.0 Å². The third kappa shape index (κ3) is 6.45. The minimum atomic E-state index is -3.90. The van der Waals surface area contributed by atoms with Gasteiger partial charge in [-0.15, -0.1) is 0 Å². The number of amides is 2. The van der Waals surface area contributed by atoms with E-state index in [-0.39, 0.29) is 54.4 Å². The molecule has 10 heteroatoms. The van der Waals surface area contributed by atoms with E-state index in [0.717, 1.165) is 0 Å². The first-order chi connectivity index (χ1) is 16.8. The summed E-state index contributed by atoms with van der Waals surface area (Å²) >= 11 is 0. The number of sulfonamides is 1. The Morgan fingerprint density at radius 2 is 1.86 bits per heavy atom. The lowest BCUT2D eigenvalue weighted by Crippen LogP contribution is -2.54. The SMILES string of the molecule is CC[C@H](C)[C@H](NC(=O)c1ccccc1)C(=O)NCC1CN(S(=O)(=O)c2ccccc2C#N)CCO1. The summed E-state index contributed by atoms with van der Waals surface area (Å²) in [6, 6.07) is 15.9. The highest BCUT2D eigenvalue weighted by molar-refractivity contribution is 7.89. The maximum Gasteiger partial charge on any atom is 0.251 e. The van der Waals surface area contributed by atoms with Gasteiger partial charge in [-0.3, -0.25) is 9.59 Å². The van der Waals surface area contributed by atoms with E-state index >= 15 is 0 Å². The Kier molecular flexibility index (Phi) is 8.98. The van der Waals surface area contributed by atoms with Crippen molar-refractivity contribution in [3.05, 3.63) is 65.7 Å². The van der Waals surface area contributed by atoms with Crippen LogP contribution in [0.4, 0.5) is 0 Å². The van der Waals surface area contributed by atoms with Crippen LogP contribution in [0, 0.1) is 17.2 Å². The fourth-order valence-corrected chi connectivity index (χ4v) is 5.40. The zero-order valence-electron chi connectivity index (χ0n) is 19.8. The number of hydrogen-bond acceptors (Lipinski definition) is 6. The lowest BCUT2D eigenvalue weighted by Gasteiger charge is -2.33. The number of nitrogens with one attached hydrogen (secondary N) is 2. The van der Waals surface area contributed by atoms with E-state index in [4.69, 9.17) is 4.74 Å². The first-order valence-electron chi connectivity index (χ1n) is 11.5. The first-order valence-corrected chi connectivity index (χ1v) is 13.0. The van der Waals surface area contributed by atoms with Crippen molar-refractivity contribution in [2.24, 2.45) is 5.92 Å². The summed E-state index contributed by atoms with van der Waals surface area (Å²) in [5.74, 6) is -0.815. The molecule has 3 atom stereocenters. The van der Waals surface area contributed by atoms with E-state index in [1.165, 1.54) is 16.4 Å². The van der Waals surface area contributed by atoms with Gasteiger partial charge >= 0.3 is 0 Å². The Morgan fingerprint density at radius 3 is 2.54 bits per heavy atom. The Labute approximate surface area is 206 Å². The number of carbonyl (C=O) groups excluding carboxylic acids is 2.